The van der Waals surface area contributed by atoms with Gasteiger partial charge in [-0.05, 0) is 101 Å². The third kappa shape index (κ3) is 3.63. The number of hydrogen-bond donors (Lipinski definition) is 0. The van der Waals surface area contributed by atoms with E-state index in [1.807, 2.05) is 0 Å². The van der Waals surface area contributed by atoms with Gasteiger partial charge in [-0.1, -0.05) is 19.3 Å². The van der Waals surface area contributed by atoms with E-state index in [2.05, 4.69) is 12.1 Å². The molecule has 0 amide bonds. The fourth-order valence-electron chi connectivity index (χ4n) is 6.75. The second-order valence-corrected chi connectivity index (χ2v) is 13.6. The van der Waals surface area contributed by atoms with Crippen LogP contribution in [0.3, 0.4) is 0 Å². The zero-order valence-corrected chi connectivity index (χ0v) is 17.4. The van der Waals surface area contributed by atoms with Crippen molar-refractivity contribution in [3.05, 3.63) is 30.1 Å². The number of benzene rings is 1. The van der Waals surface area contributed by atoms with Crippen LogP contribution in [0.15, 0.2) is 24.3 Å². The molecule has 144 valence electrons. The molecular weight excluding hydrogens is 338 g/mol. The molecule has 3 aliphatic rings. The van der Waals surface area contributed by atoms with Crippen LogP contribution >= 0.6 is 7.26 Å². The molecule has 0 spiro atoms. The third-order valence-electron chi connectivity index (χ3n) is 7.81. The van der Waals surface area contributed by atoms with Crippen molar-refractivity contribution in [1.29, 1.82) is 0 Å². The summed E-state index contributed by atoms with van der Waals surface area (Å²) in [7, 11) is -1.26. The second-order valence-electron chi connectivity index (χ2n) is 9.19. The third-order valence-corrected chi connectivity index (χ3v) is 14.2. The van der Waals surface area contributed by atoms with Gasteiger partial charge in [0.1, 0.15) is 5.82 Å². The van der Waals surface area contributed by atoms with Gasteiger partial charge in [0.2, 0.25) is 0 Å². The first kappa shape index (κ1) is 18.9. The maximum Gasteiger partial charge on any atom is 0.123 e. The normalized spacial score (nSPS) is 24.7. The van der Waals surface area contributed by atoms with Crippen LogP contribution in [0, 0.1) is 5.82 Å². The highest BCUT2D eigenvalue weighted by Crippen LogP contribution is 2.76. The number of halogens is 1. The van der Waals surface area contributed by atoms with E-state index in [-0.39, 0.29) is 5.82 Å². The monoisotopic (exact) mass is 375 g/mol. The van der Waals surface area contributed by atoms with Crippen molar-refractivity contribution in [2.45, 2.75) is 113 Å². The van der Waals surface area contributed by atoms with Gasteiger partial charge in [0.15, 0.2) is 0 Å². The lowest BCUT2D eigenvalue weighted by Gasteiger charge is -2.48. The molecule has 0 bridgehead atoms. The highest BCUT2D eigenvalue weighted by molar-refractivity contribution is 7.84. The van der Waals surface area contributed by atoms with Crippen LogP contribution in [0.4, 0.5) is 4.39 Å². The van der Waals surface area contributed by atoms with Gasteiger partial charge >= 0.3 is 0 Å². The Kier molecular flexibility index (Phi) is 6.35. The van der Waals surface area contributed by atoms with E-state index >= 15 is 0 Å². The quantitative estimate of drug-likeness (QED) is 0.479. The van der Waals surface area contributed by atoms with Crippen molar-refractivity contribution in [1.82, 2.24) is 0 Å². The molecule has 3 aliphatic carbocycles. The summed E-state index contributed by atoms with van der Waals surface area (Å²) in [5.74, 6) is -0.0530. The van der Waals surface area contributed by atoms with Gasteiger partial charge in [0.05, 0.1) is 29.5 Å². The zero-order chi connectivity index (χ0) is 17.8. The zero-order valence-electron chi connectivity index (χ0n) is 16.5. The Hall–Kier alpha value is -0.420. The van der Waals surface area contributed by atoms with Gasteiger partial charge in [-0.15, -0.1) is 0 Å². The Balaban J connectivity index is 1.80. The molecule has 26 heavy (non-hydrogen) atoms. The van der Waals surface area contributed by atoms with Crippen LogP contribution in [-0.2, 0) is 0 Å². The Bertz CT molecular complexity index is 503. The average Bonchev–Trinajstić information content (AvgIpc) is 2.72. The molecule has 0 unspecified atom stereocenters. The van der Waals surface area contributed by atoms with Gasteiger partial charge in [-0.25, -0.2) is 4.39 Å². The fraction of sp³-hybridized carbons (Fsp3) is 0.750. The lowest BCUT2D eigenvalue weighted by atomic mass is 9.99. The first-order valence-electron chi connectivity index (χ1n) is 11.5. The summed E-state index contributed by atoms with van der Waals surface area (Å²) in [5.41, 5.74) is 2.81. The minimum Gasteiger partial charge on any atom is -0.207 e. The molecule has 0 atom stereocenters. The molecule has 3 fully saturated rings. The van der Waals surface area contributed by atoms with Crippen molar-refractivity contribution >= 4 is 12.6 Å². The van der Waals surface area contributed by atoms with E-state index in [1.54, 1.807) is 17.4 Å². The lowest BCUT2D eigenvalue weighted by molar-refractivity contribution is 0.455. The summed E-state index contributed by atoms with van der Waals surface area (Å²) in [5, 5.41) is 1.62. The molecule has 2 heteroatoms. The summed E-state index contributed by atoms with van der Waals surface area (Å²) in [4.78, 5) is 0. The van der Waals surface area contributed by atoms with Crippen LogP contribution in [0.5, 0.6) is 0 Å². The minimum absolute atomic E-state index is 0.0530. The lowest BCUT2D eigenvalue weighted by Crippen LogP contribution is -2.41. The van der Waals surface area contributed by atoms with Crippen molar-refractivity contribution in [3.8, 4) is 0 Å². The average molecular weight is 376 g/mol. The standard InChI is InChI=1S/C24H37FP/c25-20-16-18-24(19-17-20)26(21-10-4-1-5-11-21,22-12-6-2-7-13-22)23-14-8-3-9-15-23/h16-19,21-23H,1-15H2/q+1. The SMILES string of the molecule is Fc1ccc([P+](C2CCCCC2)(C2CCCCC2)C2CCCCC2)cc1. The van der Waals surface area contributed by atoms with Crippen molar-refractivity contribution in [2.75, 3.05) is 0 Å². The largest absolute Gasteiger partial charge is 0.207 e. The smallest absolute Gasteiger partial charge is 0.123 e. The van der Waals surface area contributed by atoms with E-state index in [1.165, 1.54) is 96.3 Å². The van der Waals surface area contributed by atoms with E-state index in [0.717, 1.165) is 17.0 Å². The summed E-state index contributed by atoms with van der Waals surface area (Å²) in [6.45, 7) is 0. The first-order valence-corrected chi connectivity index (χ1v) is 13.5. The predicted molar refractivity (Wildman–Crippen MR) is 114 cm³/mol. The van der Waals surface area contributed by atoms with Crippen LogP contribution in [0.1, 0.15) is 96.3 Å². The highest BCUT2D eigenvalue weighted by atomic mass is 31.2. The van der Waals surface area contributed by atoms with E-state index in [0.29, 0.717) is 0 Å². The summed E-state index contributed by atoms with van der Waals surface area (Å²) in [6.07, 6.45) is 21.7. The van der Waals surface area contributed by atoms with E-state index < -0.39 is 7.26 Å². The molecule has 1 aromatic rings. The van der Waals surface area contributed by atoms with Crippen molar-refractivity contribution in [2.24, 2.45) is 0 Å². The van der Waals surface area contributed by atoms with Crippen LogP contribution < -0.4 is 5.30 Å². The van der Waals surface area contributed by atoms with Crippen molar-refractivity contribution < 1.29 is 4.39 Å². The molecular formula is C24H37FP+. The first-order chi connectivity index (χ1) is 12.8. The number of hydrogen-bond acceptors (Lipinski definition) is 0. The molecule has 3 saturated carbocycles. The van der Waals surface area contributed by atoms with Gasteiger partial charge in [0, 0.05) is 0 Å². The van der Waals surface area contributed by atoms with Crippen LogP contribution in [-0.4, -0.2) is 17.0 Å². The topological polar surface area (TPSA) is 0 Å². The number of rotatable bonds is 4. The molecule has 4 rings (SSSR count). The maximum absolute atomic E-state index is 13.8. The Morgan fingerprint density at radius 2 is 0.885 bits per heavy atom. The van der Waals surface area contributed by atoms with Crippen LogP contribution in [0.2, 0.25) is 0 Å². The minimum atomic E-state index is -1.26. The van der Waals surface area contributed by atoms with E-state index in [9.17, 15) is 4.39 Å². The Morgan fingerprint density at radius 1 is 0.538 bits per heavy atom. The second kappa shape index (κ2) is 8.72. The summed E-state index contributed by atoms with van der Waals surface area (Å²) < 4.78 is 13.8. The predicted octanol–water partition coefficient (Wildman–Crippen LogP) is 7.47. The van der Waals surface area contributed by atoms with Gasteiger partial charge in [-0.2, -0.15) is 0 Å². The van der Waals surface area contributed by atoms with Crippen molar-refractivity contribution in [3.63, 3.8) is 0 Å². The van der Waals surface area contributed by atoms with Gasteiger partial charge in [0.25, 0.3) is 0 Å². The van der Waals surface area contributed by atoms with E-state index in [4.69, 9.17) is 0 Å². The van der Waals surface area contributed by atoms with Crippen LogP contribution in [0.25, 0.3) is 0 Å². The molecule has 0 N–H and O–H groups in total. The summed E-state index contributed by atoms with van der Waals surface area (Å²) in [6, 6.07) is 8.03. The molecule has 0 aliphatic heterocycles. The Labute approximate surface area is 160 Å². The molecule has 0 aromatic heterocycles. The molecule has 0 heterocycles. The van der Waals surface area contributed by atoms with Gasteiger partial charge < -0.3 is 0 Å². The highest BCUT2D eigenvalue weighted by Gasteiger charge is 2.58. The molecule has 0 saturated heterocycles. The molecule has 0 radical (unpaired) electrons. The summed E-state index contributed by atoms with van der Waals surface area (Å²) >= 11 is 0. The molecule has 1 aromatic carbocycles. The maximum atomic E-state index is 13.8. The Morgan fingerprint density at radius 3 is 1.23 bits per heavy atom. The fourth-order valence-corrected chi connectivity index (χ4v) is 14.1. The van der Waals surface area contributed by atoms with Gasteiger partial charge in [-0.3, -0.25) is 0 Å². The molecule has 0 nitrogen and oxygen atoms in total.